The van der Waals surface area contributed by atoms with Crippen LogP contribution in [0.25, 0.3) is 22.5 Å². The summed E-state index contributed by atoms with van der Waals surface area (Å²) in [5, 5.41) is 5.05. The standard InChI is InChI=1S/C15H9BrCl2N2O/c16-11-3-1-2-10(13(11)18)14-12(15(19)20-21-14)8-4-6-9(17)7-5-8/h1-7H,(H2,19,20). The first-order chi connectivity index (χ1) is 10.1. The highest BCUT2D eigenvalue weighted by Crippen LogP contribution is 2.41. The quantitative estimate of drug-likeness (QED) is 0.621. The predicted octanol–water partition coefficient (Wildman–Crippen LogP) is 5.66. The first-order valence-corrected chi connectivity index (χ1v) is 7.58. The van der Waals surface area contributed by atoms with Crippen LogP contribution in [0.4, 0.5) is 5.82 Å². The molecule has 1 heterocycles. The Morgan fingerprint density at radius 2 is 1.76 bits per heavy atom. The third kappa shape index (κ3) is 2.67. The van der Waals surface area contributed by atoms with E-state index in [4.69, 9.17) is 33.5 Å². The van der Waals surface area contributed by atoms with E-state index in [-0.39, 0.29) is 0 Å². The summed E-state index contributed by atoms with van der Waals surface area (Å²) >= 11 is 15.6. The van der Waals surface area contributed by atoms with Gasteiger partial charge in [0.05, 0.1) is 10.6 Å². The molecule has 0 amide bonds. The van der Waals surface area contributed by atoms with Crippen LogP contribution in [0.15, 0.2) is 51.5 Å². The van der Waals surface area contributed by atoms with Gasteiger partial charge in [0.25, 0.3) is 0 Å². The summed E-state index contributed by atoms with van der Waals surface area (Å²) in [6.07, 6.45) is 0. The van der Waals surface area contributed by atoms with Crippen LogP contribution in [-0.2, 0) is 0 Å². The molecule has 0 spiro atoms. The Kier molecular flexibility index (Phi) is 3.93. The van der Waals surface area contributed by atoms with Crippen LogP contribution in [-0.4, -0.2) is 5.16 Å². The summed E-state index contributed by atoms with van der Waals surface area (Å²) in [5.74, 6) is 0.837. The van der Waals surface area contributed by atoms with E-state index < -0.39 is 0 Å². The van der Waals surface area contributed by atoms with Crippen molar-refractivity contribution in [2.24, 2.45) is 0 Å². The lowest BCUT2D eigenvalue weighted by Crippen LogP contribution is -1.89. The summed E-state index contributed by atoms with van der Waals surface area (Å²) in [6, 6.07) is 12.9. The molecule has 1 aromatic heterocycles. The average molecular weight is 384 g/mol. The molecule has 2 aromatic carbocycles. The fraction of sp³-hybridized carbons (Fsp3) is 0. The summed E-state index contributed by atoms with van der Waals surface area (Å²) in [4.78, 5) is 0. The van der Waals surface area contributed by atoms with Crippen LogP contribution in [0.3, 0.4) is 0 Å². The minimum absolute atomic E-state index is 0.309. The van der Waals surface area contributed by atoms with E-state index in [1.54, 1.807) is 12.1 Å². The topological polar surface area (TPSA) is 52.0 Å². The van der Waals surface area contributed by atoms with Gasteiger partial charge >= 0.3 is 0 Å². The first-order valence-electron chi connectivity index (χ1n) is 6.03. The highest BCUT2D eigenvalue weighted by molar-refractivity contribution is 9.10. The molecule has 0 saturated carbocycles. The van der Waals surface area contributed by atoms with Crippen molar-refractivity contribution < 1.29 is 4.52 Å². The molecule has 0 aliphatic carbocycles. The van der Waals surface area contributed by atoms with Gasteiger partial charge in [0.1, 0.15) is 0 Å². The molecular weight excluding hydrogens is 375 g/mol. The monoisotopic (exact) mass is 382 g/mol. The zero-order valence-electron chi connectivity index (χ0n) is 10.6. The summed E-state index contributed by atoms with van der Waals surface area (Å²) in [6.45, 7) is 0. The Labute approximate surface area is 139 Å². The number of nitrogens with zero attached hydrogens (tertiary/aromatic N) is 1. The fourth-order valence-electron chi connectivity index (χ4n) is 2.06. The molecule has 0 radical (unpaired) electrons. The maximum Gasteiger partial charge on any atom is 0.178 e. The summed E-state index contributed by atoms with van der Waals surface area (Å²) < 4.78 is 6.17. The molecular formula is C15H9BrCl2N2O. The minimum atomic E-state index is 0.309. The van der Waals surface area contributed by atoms with Crippen molar-refractivity contribution >= 4 is 44.9 Å². The van der Waals surface area contributed by atoms with Crippen molar-refractivity contribution in [3.63, 3.8) is 0 Å². The van der Waals surface area contributed by atoms with Gasteiger partial charge in [-0.15, -0.1) is 0 Å². The van der Waals surface area contributed by atoms with Crippen molar-refractivity contribution in [3.05, 3.63) is 57.0 Å². The lowest BCUT2D eigenvalue weighted by Gasteiger charge is -2.06. The molecule has 6 heteroatoms. The minimum Gasteiger partial charge on any atom is -0.380 e. The molecule has 0 aliphatic rings. The molecule has 0 fully saturated rings. The van der Waals surface area contributed by atoms with Crippen LogP contribution in [0.2, 0.25) is 10.0 Å². The Balaban J connectivity index is 2.22. The van der Waals surface area contributed by atoms with E-state index in [2.05, 4.69) is 21.1 Å². The molecule has 2 N–H and O–H groups in total. The van der Waals surface area contributed by atoms with Gasteiger partial charge in [0.2, 0.25) is 0 Å². The van der Waals surface area contributed by atoms with Gasteiger partial charge in [-0.05, 0) is 45.8 Å². The number of nitrogen functional groups attached to an aromatic ring is 1. The second-order valence-electron chi connectivity index (χ2n) is 4.38. The number of hydrogen-bond acceptors (Lipinski definition) is 3. The van der Waals surface area contributed by atoms with Crippen molar-refractivity contribution in [1.29, 1.82) is 0 Å². The van der Waals surface area contributed by atoms with Gasteiger partial charge in [0.15, 0.2) is 11.6 Å². The van der Waals surface area contributed by atoms with Gasteiger partial charge in [-0.3, -0.25) is 0 Å². The lowest BCUT2D eigenvalue weighted by molar-refractivity contribution is 0.436. The SMILES string of the molecule is Nc1noc(-c2cccc(Br)c2Cl)c1-c1ccc(Cl)cc1. The third-order valence-corrected chi connectivity index (χ3v) is 4.60. The molecule has 0 bridgehead atoms. The Hall–Kier alpha value is -1.49. The largest absolute Gasteiger partial charge is 0.380 e. The van der Waals surface area contributed by atoms with Crippen LogP contribution < -0.4 is 5.73 Å². The van der Waals surface area contributed by atoms with Gasteiger partial charge in [-0.25, -0.2) is 0 Å². The Morgan fingerprint density at radius 3 is 2.48 bits per heavy atom. The number of hydrogen-bond donors (Lipinski definition) is 1. The van der Waals surface area contributed by atoms with Gasteiger partial charge in [-0.2, -0.15) is 0 Å². The Bertz CT molecular complexity index is 800. The second kappa shape index (κ2) is 5.72. The third-order valence-electron chi connectivity index (χ3n) is 3.05. The molecule has 0 saturated heterocycles. The normalized spacial score (nSPS) is 10.8. The van der Waals surface area contributed by atoms with E-state index in [9.17, 15) is 0 Å². The predicted molar refractivity (Wildman–Crippen MR) is 89.5 cm³/mol. The number of benzene rings is 2. The van der Waals surface area contributed by atoms with E-state index in [1.165, 1.54) is 0 Å². The summed E-state index contributed by atoms with van der Waals surface area (Å²) in [7, 11) is 0. The summed E-state index contributed by atoms with van der Waals surface area (Å²) in [5.41, 5.74) is 8.23. The van der Waals surface area contributed by atoms with Crippen molar-refractivity contribution in [1.82, 2.24) is 5.16 Å². The molecule has 3 nitrogen and oxygen atoms in total. The van der Waals surface area contributed by atoms with Gasteiger partial charge in [0, 0.05) is 15.1 Å². The lowest BCUT2D eigenvalue weighted by atomic mass is 10.0. The number of rotatable bonds is 2. The molecule has 0 atom stereocenters. The maximum absolute atomic E-state index is 6.33. The van der Waals surface area contributed by atoms with E-state index in [1.807, 2.05) is 30.3 Å². The van der Waals surface area contributed by atoms with Crippen LogP contribution in [0, 0.1) is 0 Å². The van der Waals surface area contributed by atoms with Crippen molar-refractivity contribution in [3.8, 4) is 22.5 Å². The fourth-order valence-corrected chi connectivity index (χ4v) is 2.76. The Morgan fingerprint density at radius 1 is 1.05 bits per heavy atom. The first kappa shape index (κ1) is 14.4. The highest BCUT2D eigenvalue weighted by Gasteiger charge is 2.20. The number of halogens is 3. The van der Waals surface area contributed by atoms with Crippen LogP contribution in [0.5, 0.6) is 0 Å². The van der Waals surface area contributed by atoms with E-state index in [0.717, 1.165) is 15.6 Å². The van der Waals surface area contributed by atoms with Crippen molar-refractivity contribution in [2.45, 2.75) is 0 Å². The molecule has 106 valence electrons. The molecule has 21 heavy (non-hydrogen) atoms. The van der Waals surface area contributed by atoms with Crippen LogP contribution >= 0.6 is 39.1 Å². The smallest absolute Gasteiger partial charge is 0.178 e. The zero-order chi connectivity index (χ0) is 15.0. The molecule has 3 rings (SSSR count). The van der Waals surface area contributed by atoms with Gasteiger partial charge in [-0.1, -0.05) is 46.6 Å². The maximum atomic E-state index is 6.33. The van der Waals surface area contributed by atoms with Crippen molar-refractivity contribution in [2.75, 3.05) is 5.73 Å². The average Bonchev–Trinajstić information content (AvgIpc) is 2.85. The molecule has 0 unspecified atom stereocenters. The molecule has 3 aromatic rings. The molecule has 0 aliphatic heterocycles. The van der Waals surface area contributed by atoms with E-state index in [0.29, 0.717) is 27.2 Å². The zero-order valence-corrected chi connectivity index (χ0v) is 13.7. The van der Waals surface area contributed by atoms with E-state index >= 15 is 0 Å². The number of anilines is 1. The number of aromatic nitrogens is 1. The van der Waals surface area contributed by atoms with Crippen LogP contribution in [0.1, 0.15) is 0 Å². The van der Waals surface area contributed by atoms with Gasteiger partial charge < -0.3 is 10.3 Å². The second-order valence-corrected chi connectivity index (χ2v) is 6.05. The highest BCUT2D eigenvalue weighted by atomic mass is 79.9. The number of nitrogens with two attached hydrogens (primary N) is 1.